The molecule has 0 N–H and O–H groups in total. The molecule has 0 saturated carbocycles. The number of carbonyl (C=O) groups excluding carboxylic acids is 3. The van der Waals surface area contributed by atoms with Gasteiger partial charge in [-0.15, -0.1) is 0 Å². The van der Waals surface area contributed by atoms with Crippen LogP contribution in [0.3, 0.4) is 0 Å². The summed E-state index contributed by atoms with van der Waals surface area (Å²) in [6.45, 7) is 0.991. The number of ether oxygens (including phenoxy) is 5. The van der Waals surface area contributed by atoms with Crippen LogP contribution in [0.5, 0.6) is 17.2 Å². The van der Waals surface area contributed by atoms with Crippen molar-refractivity contribution in [1.82, 2.24) is 0 Å². The van der Waals surface area contributed by atoms with Crippen LogP contribution in [0.25, 0.3) is 10.8 Å². The second-order valence-electron chi connectivity index (χ2n) is 5.40. The molecule has 2 rings (SSSR count). The van der Waals surface area contributed by atoms with Gasteiger partial charge in [0, 0.05) is 26.0 Å². The Morgan fingerprint density at radius 2 is 1.41 bits per heavy atom. The molecule has 0 amide bonds. The number of benzene rings is 2. The molecule has 0 spiro atoms. The highest BCUT2D eigenvalue weighted by Crippen LogP contribution is 2.44. The molecule has 0 aliphatic carbocycles. The summed E-state index contributed by atoms with van der Waals surface area (Å²) in [5, 5.41) is 1.15. The van der Waals surface area contributed by atoms with E-state index in [9.17, 15) is 14.4 Å². The van der Waals surface area contributed by atoms with Crippen LogP contribution in [-0.2, 0) is 23.9 Å². The van der Waals surface area contributed by atoms with E-state index < -0.39 is 17.9 Å². The molecule has 0 radical (unpaired) electrons. The molecule has 2 aromatic rings. The molecule has 8 heteroatoms. The number of hydrogen-bond acceptors (Lipinski definition) is 8. The molecule has 0 aromatic heterocycles. The number of rotatable bonds is 8. The summed E-state index contributed by atoms with van der Waals surface area (Å²) in [5.74, 6) is -2.24. The number of fused-ring (bicyclic) bond motifs is 1. The van der Waals surface area contributed by atoms with Crippen LogP contribution < -0.4 is 14.2 Å². The molecular weight excluding hydrogens is 356 g/mol. The largest absolute Gasteiger partial charge is 0.422 e. The molecule has 0 bridgehead atoms. The quantitative estimate of drug-likeness (QED) is 0.511. The summed E-state index contributed by atoms with van der Waals surface area (Å²) in [6.07, 6.45) is 0.105. The third-order valence-electron chi connectivity index (χ3n) is 3.39. The standard InChI is InChI=1S/C19H20O8/c1-4-15(20)26-18-13-8-6-5-7-12(13)9-14(25-16(21)10-23-2)19(18)27-17(22)11-24-3/h5-9H,4,10-11H2,1-3H3. The third kappa shape index (κ3) is 5.25. The predicted molar refractivity (Wildman–Crippen MR) is 94.9 cm³/mol. The Labute approximate surface area is 155 Å². The lowest BCUT2D eigenvalue weighted by molar-refractivity contribution is -0.141. The maximum Gasteiger partial charge on any atom is 0.337 e. The van der Waals surface area contributed by atoms with Crippen molar-refractivity contribution in [3.05, 3.63) is 30.3 Å². The average molecular weight is 376 g/mol. The van der Waals surface area contributed by atoms with Crippen molar-refractivity contribution in [1.29, 1.82) is 0 Å². The Kier molecular flexibility index (Phi) is 7.27. The first-order valence-corrected chi connectivity index (χ1v) is 8.15. The second kappa shape index (κ2) is 9.65. The Morgan fingerprint density at radius 3 is 2.04 bits per heavy atom. The van der Waals surface area contributed by atoms with Gasteiger partial charge in [-0.2, -0.15) is 0 Å². The van der Waals surface area contributed by atoms with Crippen molar-refractivity contribution in [3.8, 4) is 17.2 Å². The summed E-state index contributed by atoms with van der Waals surface area (Å²) in [5.41, 5.74) is 0. The number of hydrogen-bond donors (Lipinski definition) is 0. The monoisotopic (exact) mass is 376 g/mol. The maximum absolute atomic E-state index is 12.0. The van der Waals surface area contributed by atoms with E-state index >= 15 is 0 Å². The molecule has 0 heterocycles. The summed E-state index contributed by atoms with van der Waals surface area (Å²) in [6, 6.07) is 8.46. The lowest BCUT2D eigenvalue weighted by Crippen LogP contribution is -2.19. The van der Waals surface area contributed by atoms with Crippen molar-refractivity contribution >= 4 is 28.7 Å². The van der Waals surface area contributed by atoms with Crippen LogP contribution in [0.4, 0.5) is 0 Å². The van der Waals surface area contributed by atoms with E-state index in [1.165, 1.54) is 20.3 Å². The van der Waals surface area contributed by atoms with Crippen LogP contribution in [0, 0.1) is 0 Å². The van der Waals surface area contributed by atoms with Crippen molar-refractivity contribution in [2.24, 2.45) is 0 Å². The van der Waals surface area contributed by atoms with Gasteiger partial charge in [0.15, 0.2) is 11.5 Å². The van der Waals surface area contributed by atoms with Gasteiger partial charge in [-0.05, 0) is 11.5 Å². The SMILES string of the molecule is CCC(=O)Oc1c(OC(=O)COC)c(OC(=O)COC)cc2ccccc12. The summed E-state index contributed by atoms with van der Waals surface area (Å²) in [4.78, 5) is 35.8. The maximum atomic E-state index is 12.0. The number of methoxy groups -OCH3 is 2. The molecule has 0 aliphatic rings. The van der Waals surface area contributed by atoms with Crippen LogP contribution in [0.2, 0.25) is 0 Å². The van der Waals surface area contributed by atoms with E-state index in [2.05, 4.69) is 0 Å². The minimum Gasteiger partial charge on any atom is -0.422 e. The first-order chi connectivity index (χ1) is 13.0. The minimum absolute atomic E-state index is 0.00961. The van der Waals surface area contributed by atoms with Gasteiger partial charge in [0.05, 0.1) is 0 Å². The van der Waals surface area contributed by atoms with Gasteiger partial charge in [0.1, 0.15) is 13.2 Å². The van der Waals surface area contributed by atoms with Gasteiger partial charge in [0.25, 0.3) is 0 Å². The molecular formula is C19H20O8. The van der Waals surface area contributed by atoms with E-state index in [1.807, 2.05) is 0 Å². The van der Waals surface area contributed by atoms with E-state index in [-0.39, 0.29) is 36.9 Å². The molecule has 0 atom stereocenters. The van der Waals surface area contributed by atoms with Crippen LogP contribution in [-0.4, -0.2) is 45.3 Å². The Balaban J connectivity index is 2.62. The zero-order valence-electron chi connectivity index (χ0n) is 15.3. The fraction of sp³-hybridized carbons (Fsp3) is 0.316. The lowest BCUT2D eigenvalue weighted by atomic mass is 10.1. The second-order valence-corrected chi connectivity index (χ2v) is 5.40. The highest BCUT2D eigenvalue weighted by molar-refractivity contribution is 5.96. The van der Waals surface area contributed by atoms with E-state index in [0.717, 1.165) is 0 Å². The van der Waals surface area contributed by atoms with E-state index in [0.29, 0.717) is 10.8 Å². The van der Waals surface area contributed by atoms with Crippen molar-refractivity contribution in [2.75, 3.05) is 27.4 Å². The van der Waals surface area contributed by atoms with Crippen molar-refractivity contribution < 1.29 is 38.1 Å². The van der Waals surface area contributed by atoms with Gasteiger partial charge in [-0.25, -0.2) is 9.59 Å². The van der Waals surface area contributed by atoms with Gasteiger partial charge in [-0.1, -0.05) is 31.2 Å². The molecule has 0 saturated heterocycles. The van der Waals surface area contributed by atoms with Crippen molar-refractivity contribution in [2.45, 2.75) is 13.3 Å². The first kappa shape index (κ1) is 20.3. The number of carbonyl (C=O) groups is 3. The predicted octanol–water partition coefficient (Wildman–Crippen LogP) is 2.26. The Hall–Kier alpha value is -2.97. The Morgan fingerprint density at radius 1 is 0.815 bits per heavy atom. The molecule has 8 nitrogen and oxygen atoms in total. The van der Waals surface area contributed by atoms with E-state index in [1.54, 1.807) is 31.2 Å². The molecule has 0 fully saturated rings. The highest BCUT2D eigenvalue weighted by Gasteiger charge is 2.24. The zero-order valence-corrected chi connectivity index (χ0v) is 15.3. The highest BCUT2D eigenvalue weighted by atomic mass is 16.6. The summed E-state index contributed by atoms with van der Waals surface area (Å²) in [7, 11) is 2.68. The van der Waals surface area contributed by atoms with Crippen LogP contribution in [0.15, 0.2) is 30.3 Å². The minimum atomic E-state index is -0.745. The molecule has 0 unspecified atom stereocenters. The molecule has 27 heavy (non-hydrogen) atoms. The van der Waals surface area contributed by atoms with Gasteiger partial charge >= 0.3 is 17.9 Å². The fourth-order valence-electron chi connectivity index (χ4n) is 2.26. The van der Waals surface area contributed by atoms with Crippen LogP contribution >= 0.6 is 0 Å². The third-order valence-corrected chi connectivity index (χ3v) is 3.39. The van der Waals surface area contributed by atoms with E-state index in [4.69, 9.17) is 23.7 Å². The smallest absolute Gasteiger partial charge is 0.337 e. The lowest BCUT2D eigenvalue weighted by Gasteiger charge is -2.16. The molecule has 2 aromatic carbocycles. The average Bonchev–Trinajstić information content (AvgIpc) is 2.64. The molecule has 144 valence electrons. The van der Waals surface area contributed by atoms with Crippen LogP contribution in [0.1, 0.15) is 13.3 Å². The Bertz CT molecular complexity index is 843. The van der Waals surface area contributed by atoms with Gasteiger partial charge in [0.2, 0.25) is 5.75 Å². The fourth-order valence-corrected chi connectivity index (χ4v) is 2.26. The first-order valence-electron chi connectivity index (χ1n) is 8.15. The number of esters is 3. The molecule has 0 aliphatic heterocycles. The van der Waals surface area contributed by atoms with Crippen molar-refractivity contribution in [3.63, 3.8) is 0 Å². The van der Waals surface area contributed by atoms with Gasteiger partial charge < -0.3 is 23.7 Å². The topological polar surface area (TPSA) is 97.4 Å². The van der Waals surface area contributed by atoms with Gasteiger partial charge in [-0.3, -0.25) is 4.79 Å². The summed E-state index contributed by atoms with van der Waals surface area (Å²) < 4.78 is 25.4. The zero-order chi connectivity index (χ0) is 19.8. The normalized spacial score (nSPS) is 10.5. The summed E-state index contributed by atoms with van der Waals surface area (Å²) >= 11 is 0.